The summed E-state index contributed by atoms with van der Waals surface area (Å²) in [6.45, 7) is 0. The molecule has 7 nitrogen and oxygen atoms in total. The zero-order valence-corrected chi connectivity index (χ0v) is 9.32. The summed E-state index contributed by atoms with van der Waals surface area (Å²) in [4.78, 5) is 32.8. The summed E-state index contributed by atoms with van der Waals surface area (Å²) in [5.41, 5.74) is -0.562. The number of carboxylic acid groups (broad SMARTS) is 1. The van der Waals surface area contributed by atoms with Crippen LogP contribution in [0, 0.1) is 5.82 Å². The smallest absolute Gasteiger partial charge is 0.348 e. The Labute approximate surface area is 105 Å². The number of aliphatic carboxylic acids is 1. The molecule has 0 aromatic heterocycles. The number of rotatable bonds is 4. The maximum Gasteiger partial charge on any atom is 0.348 e. The maximum atomic E-state index is 13.2. The molecule has 0 aliphatic carbocycles. The Kier molecular flexibility index (Phi) is 4.67. The molecule has 0 bridgehead atoms. The van der Waals surface area contributed by atoms with Crippen LogP contribution in [0.15, 0.2) is 24.3 Å². The van der Waals surface area contributed by atoms with Crippen LogP contribution in [0.5, 0.6) is 0 Å². The highest BCUT2D eigenvalue weighted by Crippen LogP contribution is 2.09. The highest BCUT2D eigenvalue weighted by molar-refractivity contribution is 5.99. The number of aliphatic hydroxyl groups excluding tert-OH is 2. The second-order valence-corrected chi connectivity index (χ2v) is 3.42. The number of carbonyl (C=O) groups excluding carboxylic acids is 2. The Hall–Kier alpha value is -2.32. The molecule has 102 valence electrons. The highest BCUT2D eigenvalue weighted by Gasteiger charge is 2.33. The Morgan fingerprint density at radius 3 is 2.21 bits per heavy atom. The lowest BCUT2D eigenvalue weighted by Crippen LogP contribution is -2.41. The molecule has 0 saturated carbocycles. The lowest BCUT2D eigenvalue weighted by atomic mass is 10.2. The third-order valence-corrected chi connectivity index (χ3v) is 2.08. The van der Waals surface area contributed by atoms with Crippen LogP contribution in [0.1, 0.15) is 10.4 Å². The number of hydrogen-bond donors (Lipinski definition) is 3. The first kappa shape index (κ1) is 14.7. The van der Waals surface area contributed by atoms with Crippen molar-refractivity contribution in [2.75, 3.05) is 0 Å². The minimum atomic E-state index is -2.45. The molecule has 19 heavy (non-hydrogen) atoms. The van der Waals surface area contributed by atoms with Crippen molar-refractivity contribution in [3.05, 3.63) is 35.6 Å². The fraction of sp³-hybridized carbons (Fsp3) is 0.182. The van der Waals surface area contributed by atoms with Gasteiger partial charge in [-0.15, -0.1) is 0 Å². The number of benzene rings is 1. The van der Waals surface area contributed by atoms with Gasteiger partial charge in [-0.25, -0.2) is 18.8 Å². The molecule has 1 aromatic carbocycles. The van der Waals surface area contributed by atoms with Crippen molar-refractivity contribution in [3.8, 4) is 0 Å². The van der Waals surface area contributed by atoms with E-state index in [4.69, 9.17) is 15.3 Å². The first-order valence-electron chi connectivity index (χ1n) is 4.94. The van der Waals surface area contributed by atoms with Gasteiger partial charge < -0.3 is 20.1 Å². The lowest BCUT2D eigenvalue weighted by Gasteiger charge is -2.12. The molecule has 3 N–H and O–H groups in total. The van der Waals surface area contributed by atoms with E-state index < -0.39 is 41.5 Å². The van der Waals surface area contributed by atoms with Crippen molar-refractivity contribution in [2.24, 2.45) is 0 Å². The molecule has 0 saturated heterocycles. The predicted octanol–water partition coefficient (Wildman–Crippen LogP) is -0.684. The second-order valence-electron chi connectivity index (χ2n) is 3.42. The van der Waals surface area contributed by atoms with Gasteiger partial charge in [-0.3, -0.25) is 0 Å². The summed E-state index contributed by atoms with van der Waals surface area (Å²) in [5, 5.41) is 26.3. The fourth-order valence-electron chi connectivity index (χ4n) is 1.10. The van der Waals surface area contributed by atoms with E-state index in [1.165, 1.54) is 12.1 Å². The van der Waals surface area contributed by atoms with Crippen molar-refractivity contribution < 1.29 is 38.8 Å². The summed E-state index contributed by atoms with van der Waals surface area (Å²) >= 11 is 0. The predicted molar refractivity (Wildman–Crippen MR) is 56.5 cm³/mol. The summed E-state index contributed by atoms with van der Waals surface area (Å²) in [7, 11) is 0. The van der Waals surface area contributed by atoms with E-state index in [9.17, 15) is 18.8 Å². The van der Waals surface area contributed by atoms with Crippen molar-refractivity contribution in [2.45, 2.75) is 12.2 Å². The van der Waals surface area contributed by atoms with Gasteiger partial charge in [0.1, 0.15) is 5.82 Å². The Morgan fingerprint density at radius 2 is 1.68 bits per heavy atom. The van der Waals surface area contributed by atoms with Crippen molar-refractivity contribution >= 4 is 17.9 Å². The number of hydrogen-bond acceptors (Lipinski definition) is 6. The average molecular weight is 272 g/mol. The van der Waals surface area contributed by atoms with Gasteiger partial charge in [0, 0.05) is 0 Å². The Bertz CT molecular complexity index is 514. The topological polar surface area (TPSA) is 121 Å². The molecule has 1 aromatic rings. The Balaban J connectivity index is 2.75. The molecule has 1 rings (SSSR count). The number of carbonyl (C=O) groups is 3. The van der Waals surface area contributed by atoms with Crippen LogP contribution in [0.4, 0.5) is 4.39 Å². The van der Waals surface area contributed by atoms with Crippen molar-refractivity contribution in [3.63, 3.8) is 0 Å². The van der Waals surface area contributed by atoms with Crippen LogP contribution in [-0.4, -0.2) is 45.4 Å². The monoisotopic (exact) mass is 272 g/mol. The van der Waals surface area contributed by atoms with Gasteiger partial charge >= 0.3 is 17.9 Å². The third-order valence-electron chi connectivity index (χ3n) is 2.08. The minimum absolute atomic E-state index is 0.562. The summed E-state index contributed by atoms with van der Waals surface area (Å²) < 4.78 is 17.2. The molecule has 8 heteroatoms. The number of halogens is 1. The summed E-state index contributed by atoms with van der Waals surface area (Å²) in [5.74, 6) is -5.92. The highest BCUT2D eigenvalue weighted by atomic mass is 19.1. The van der Waals surface area contributed by atoms with E-state index in [1.54, 1.807) is 0 Å². The van der Waals surface area contributed by atoms with E-state index in [-0.39, 0.29) is 0 Å². The van der Waals surface area contributed by atoms with E-state index in [0.717, 1.165) is 12.1 Å². The summed E-state index contributed by atoms with van der Waals surface area (Å²) in [6.07, 6.45) is -4.89. The van der Waals surface area contributed by atoms with E-state index in [0.29, 0.717) is 0 Å². The van der Waals surface area contributed by atoms with Gasteiger partial charge in [-0.2, -0.15) is 0 Å². The van der Waals surface area contributed by atoms with Crippen molar-refractivity contribution in [1.82, 2.24) is 0 Å². The lowest BCUT2D eigenvalue weighted by molar-refractivity contribution is -0.166. The molecule has 0 amide bonds. The zero-order valence-electron chi connectivity index (χ0n) is 9.32. The number of esters is 2. The zero-order chi connectivity index (χ0) is 14.6. The Morgan fingerprint density at radius 1 is 1.11 bits per heavy atom. The molecule has 0 aliphatic rings. The molecule has 0 aliphatic heterocycles. The van der Waals surface area contributed by atoms with Crippen LogP contribution < -0.4 is 0 Å². The van der Waals surface area contributed by atoms with Crippen LogP contribution >= 0.6 is 0 Å². The van der Waals surface area contributed by atoms with Gasteiger partial charge in [-0.1, -0.05) is 12.1 Å². The van der Waals surface area contributed by atoms with Gasteiger partial charge in [0.25, 0.3) is 0 Å². The van der Waals surface area contributed by atoms with Crippen LogP contribution in [-0.2, 0) is 14.3 Å². The molecular weight excluding hydrogens is 263 g/mol. The van der Waals surface area contributed by atoms with E-state index >= 15 is 0 Å². The third kappa shape index (κ3) is 3.57. The normalized spacial score (nSPS) is 13.4. The molecular formula is C11H9FO7. The summed E-state index contributed by atoms with van der Waals surface area (Å²) in [6, 6.07) is 4.60. The molecule has 2 atom stereocenters. The number of aliphatic hydroxyl groups is 2. The molecule has 0 fully saturated rings. The molecule has 2 unspecified atom stereocenters. The van der Waals surface area contributed by atoms with Crippen molar-refractivity contribution in [1.29, 1.82) is 0 Å². The first-order chi connectivity index (χ1) is 8.84. The molecule has 0 spiro atoms. The molecule has 0 heterocycles. The number of ether oxygens (including phenoxy) is 1. The number of carboxylic acids is 1. The van der Waals surface area contributed by atoms with Gasteiger partial charge in [-0.05, 0) is 12.1 Å². The fourth-order valence-corrected chi connectivity index (χ4v) is 1.10. The maximum absolute atomic E-state index is 13.2. The SMILES string of the molecule is O=C(OC(=O)C(O)C(O)C(=O)O)c1ccccc1F. The van der Waals surface area contributed by atoms with E-state index in [2.05, 4.69) is 4.74 Å². The van der Waals surface area contributed by atoms with Gasteiger partial charge in [0.15, 0.2) is 12.2 Å². The van der Waals surface area contributed by atoms with Crippen LogP contribution in [0.25, 0.3) is 0 Å². The quantitative estimate of drug-likeness (QED) is 0.490. The minimum Gasteiger partial charge on any atom is -0.479 e. The van der Waals surface area contributed by atoms with E-state index in [1.807, 2.05) is 0 Å². The van der Waals surface area contributed by atoms with Crippen LogP contribution in [0.2, 0.25) is 0 Å². The van der Waals surface area contributed by atoms with Gasteiger partial charge in [0.2, 0.25) is 0 Å². The molecule has 0 radical (unpaired) electrons. The largest absolute Gasteiger partial charge is 0.479 e. The second kappa shape index (κ2) is 6.03. The van der Waals surface area contributed by atoms with Gasteiger partial charge in [0.05, 0.1) is 5.56 Å². The van der Waals surface area contributed by atoms with Crippen LogP contribution in [0.3, 0.4) is 0 Å². The first-order valence-corrected chi connectivity index (χ1v) is 4.94. The average Bonchev–Trinajstić information content (AvgIpc) is 2.37. The standard InChI is InChI=1S/C11H9FO7/c12-6-4-2-1-3-5(6)10(17)19-11(18)8(14)7(13)9(15)16/h1-4,7-8,13-14H,(H,15,16).